The molecule has 1 aromatic heterocycles. The molecule has 5 heteroatoms. The fraction of sp³-hybridized carbons (Fsp3) is 0.263. The van der Waals surface area contributed by atoms with Gasteiger partial charge >= 0.3 is 0 Å². The average molecular weight is 338 g/mol. The van der Waals surface area contributed by atoms with Crippen molar-refractivity contribution in [2.45, 2.75) is 30.2 Å². The largest absolute Gasteiger partial charge is 0.431 e. The van der Waals surface area contributed by atoms with Crippen molar-refractivity contribution in [2.24, 2.45) is 0 Å². The fourth-order valence-electron chi connectivity index (χ4n) is 3.07. The lowest BCUT2D eigenvalue weighted by atomic mass is 10.2. The van der Waals surface area contributed by atoms with E-state index in [4.69, 9.17) is 4.42 Å². The van der Waals surface area contributed by atoms with E-state index in [1.807, 2.05) is 54.3 Å². The van der Waals surface area contributed by atoms with E-state index in [0.29, 0.717) is 5.22 Å². The molecule has 0 saturated heterocycles. The highest BCUT2D eigenvalue weighted by Crippen LogP contribution is 2.33. The molecule has 122 valence electrons. The van der Waals surface area contributed by atoms with Crippen LogP contribution in [0.5, 0.6) is 0 Å². The number of carbonyl (C=O) groups is 1. The lowest BCUT2D eigenvalue weighted by molar-refractivity contribution is -0.118. The molecule has 24 heavy (non-hydrogen) atoms. The molecule has 3 aromatic rings. The second-order valence-corrected chi connectivity index (χ2v) is 6.98. The summed E-state index contributed by atoms with van der Waals surface area (Å²) in [6.45, 7) is 2.78. The zero-order chi connectivity index (χ0) is 16.5. The van der Waals surface area contributed by atoms with Crippen molar-refractivity contribution in [1.29, 1.82) is 0 Å². The Kier molecular flexibility index (Phi) is 4.02. The molecule has 0 bridgehead atoms. The number of fused-ring (bicyclic) bond motifs is 2. The summed E-state index contributed by atoms with van der Waals surface area (Å²) >= 11 is 1.42. The highest BCUT2D eigenvalue weighted by Gasteiger charge is 2.30. The first-order valence-electron chi connectivity index (χ1n) is 8.18. The molecule has 4 nitrogen and oxygen atoms in total. The predicted molar refractivity (Wildman–Crippen MR) is 96.4 cm³/mol. The Labute approximate surface area is 144 Å². The number of thioether (sulfide) groups is 1. The van der Waals surface area contributed by atoms with Gasteiger partial charge in [-0.05, 0) is 36.6 Å². The maximum Gasteiger partial charge on any atom is 0.257 e. The number of amides is 1. The number of hydrogen-bond acceptors (Lipinski definition) is 4. The molecule has 1 aliphatic rings. The number of aromatic nitrogens is 1. The van der Waals surface area contributed by atoms with Crippen LogP contribution in [0.4, 0.5) is 5.69 Å². The second-order valence-electron chi connectivity index (χ2n) is 5.83. The highest BCUT2D eigenvalue weighted by atomic mass is 32.2. The Balaban J connectivity index is 1.56. The van der Waals surface area contributed by atoms with Gasteiger partial charge in [-0.2, -0.15) is 0 Å². The number of para-hydroxylation sites is 3. The number of carbonyl (C=O) groups excluding carboxylic acids is 1. The van der Waals surface area contributed by atoms with Crippen LogP contribution in [0.25, 0.3) is 11.1 Å². The van der Waals surface area contributed by atoms with Crippen LogP contribution in [-0.2, 0) is 11.2 Å². The van der Waals surface area contributed by atoms with Crippen LogP contribution < -0.4 is 4.90 Å². The number of rotatable bonds is 4. The van der Waals surface area contributed by atoms with Crippen molar-refractivity contribution in [3.05, 3.63) is 54.1 Å². The van der Waals surface area contributed by atoms with E-state index in [1.165, 1.54) is 17.3 Å². The van der Waals surface area contributed by atoms with E-state index in [-0.39, 0.29) is 11.2 Å². The lowest BCUT2D eigenvalue weighted by Crippen LogP contribution is -2.36. The van der Waals surface area contributed by atoms with Gasteiger partial charge in [-0.25, -0.2) is 4.98 Å². The van der Waals surface area contributed by atoms with Crippen molar-refractivity contribution in [3.63, 3.8) is 0 Å². The number of nitrogens with zero attached hydrogens (tertiary/aromatic N) is 2. The van der Waals surface area contributed by atoms with Crippen LogP contribution in [0.3, 0.4) is 0 Å². The monoisotopic (exact) mass is 338 g/mol. The third-order valence-electron chi connectivity index (χ3n) is 4.32. The number of anilines is 1. The van der Waals surface area contributed by atoms with Crippen molar-refractivity contribution < 1.29 is 9.21 Å². The van der Waals surface area contributed by atoms with Gasteiger partial charge in [-0.1, -0.05) is 49.0 Å². The molecule has 0 saturated carbocycles. The van der Waals surface area contributed by atoms with Gasteiger partial charge in [0.1, 0.15) is 5.52 Å². The molecule has 0 fully saturated rings. The summed E-state index contributed by atoms with van der Waals surface area (Å²) in [6.07, 6.45) is 1.66. The minimum absolute atomic E-state index is 0.134. The van der Waals surface area contributed by atoms with Gasteiger partial charge in [0, 0.05) is 12.2 Å². The topological polar surface area (TPSA) is 46.3 Å². The van der Waals surface area contributed by atoms with E-state index in [1.54, 1.807) is 0 Å². The standard InChI is InChI=1S/C19H18N2O2S/c1-2-17(24-19-20-14-8-4-6-10-16(14)23-19)18(22)21-12-11-13-7-3-5-9-15(13)21/h3-10,17H,2,11-12H2,1H3. The maximum absolute atomic E-state index is 13.0. The summed E-state index contributed by atoms with van der Waals surface area (Å²) in [5.74, 6) is 0.134. The molecular weight excluding hydrogens is 320 g/mol. The third kappa shape index (κ3) is 2.69. The Morgan fingerprint density at radius 1 is 1.25 bits per heavy atom. The van der Waals surface area contributed by atoms with Crippen LogP contribution in [-0.4, -0.2) is 22.7 Å². The first-order valence-corrected chi connectivity index (χ1v) is 9.05. The van der Waals surface area contributed by atoms with Crippen molar-refractivity contribution in [2.75, 3.05) is 11.4 Å². The van der Waals surface area contributed by atoms with Crippen LogP contribution >= 0.6 is 11.8 Å². The zero-order valence-corrected chi connectivity index (χ0v) is 14.3. The van der Waals surface area contributed by atoms with E-state index in [9.17, 15) is 4.79 Å². The zero-order valence-electron chi connectivity index (χ0n) is 13.4. The molecule has 2 heterocycles. The van der Waals surface area contributed by atoms with Gasteiger partial charge in [0.05, 0.1) is 5.25 Å². The van der Waals surface area contributed by atoms with E-state index in [2.05, 4.69) is 11.1 Å². The average Bonchev–Trinajstić information content (AvgIpc) is 3.22. The van der Waals surface area contributed by atoms with E-state index in [0.717, 1.165) is 36.2 Å². The van der Waals surface area contributed by atoms with Gasteiger partial charge in [-0.15, -0.1) is 0 Å². The highest BCUT2D eigenvalue weighted by molar-refractivity contribution is 8.00. The summed E-state index contributed by atoms with van der Waals surface area (Å²) in [5.41, 5.74) is 3.87. The van der Waals surface area contributed by atoms with E-state index >= 15 is 0 Å². The fourth-order valence-corrected chi connectivity index (χ4v) is 4.00. The molecule has 0 N–H and O–H groups in total. The molecule has 2 aromatic carbocycles. The third-order valence-corrected chi connectivity index (χ3v) is 5.51. The molecule has 1 amide bonds. The van der Waals surface area contributed by atoms with Crippen LogP contribution in [0.2, 0.25) is 0 Å². The molecular formula is C19H18N2O2S. The Morgan fingerprint density at radius 2 is 2.04 bits per heavy atom. The summed E-state index contributed by atoms with van der Waals surface area (Å²) in [7, 11) is 0. The Bertz CT molecular complexity index is 857. The molecule has 1 unspecified atom stereocenters. The van der Waals surface area contributed by atoms with Gasteiger partial charge in [0.15, 0.2) is 5.58 Å². The van der Waals surface area contributed by atoms with Crippen LogP contribution in [0.1, 0.15) is 18.9 Å². The molecule has 1 aliphatic heterocycles. The Morgan fingerprint density at radius 3 is 2.88 bits per heavy atom. The summed E-state index contributed by atoms with van der Waals surface area (Å²) in [5, 5.41) is 0.369. The van der Waals surface area contributed by atoms with Gasteiger partial charge in [0.2, 0.25) is 5.91 Å². The smallest absolute Gasteiger partial charge is 0.257 e. The van der Waals surface area contributed by atoms with Crippen molar-refractivity contribution >= 4 is 34.5 Å². The Hall–Kier alpha value is -2.27. The van der Waals surface area contributed by atoms with E-state index < -0.39 is 0 Å². The van der Waals surface area contributed by atoms with Crippen LogP contribution in [0.15, 0.2) is 58.2 Å². The number of oxazole rings is 1. The predicted octanol–water partition coefficient (Wildman–Crippen LogP) is 4.29. The first-order chi connectivity index (χ1) is 11.8. The maximum atomic E-state index is 13.0. The molecule has 4 rings (SSSR count). The molecule has 0 radical (unpaired) electrons. The summed E-state index contributed by atoms with van der Waals surface area (Å²) < 4.78 is 5.76. The summed E-state index contributed by atoms with van der Waals surface area (Å²) in [4.78, 5) is 19.4. The number of benzene rings is 2. The van der Waals surface area contributed by atoms with Crippen LogP contribution in [0, 0.1) is 0 Å². The lowest BCUT2D eigenvalue weighted by Gasteiger charge is -2.22. The number of hydrogen-bond donors (Lipinski definition) is 0. The SMILES string of the molecule is CCC(Sc1nc2ccccc2o1)C(=O)N1CCc2ccccc21. The quantitative estimate of drug-likeness (QED) is 0.666. The van der Waals surface area contributed by atoms with Crippen molar-refractivity contribution in [1.82, 2.24) is 4.98 Å². The molecule has 0 aliphatic carbocycles. The van der Waals surface area contributed by atoms with Gasteiger partial charge in [0.25, 0.3) is 5.22 Å². The van der Waals surface area contributed by atoms with Gasteiger partial charge in [-0.3, -0.25) is 4.79 Å². The molecule has 1 atom stereocenters. The normalized spacial score (nSPS) is 14.8. The van der Waals surface area contributed by atoms with Crippen molar-refractivity contribution in [3.8, 4) is 0 Å². The van der Waals surface area contributed by atoms with Gasteiger partial charge < -0.3 is 9.32 Å². The minimum atomic E-state index is -0.191. The second kappa shape index (κ2) is 6.32. The molecule has 0 spiro atoms. The summed E-state index contributed by atoms with van der Waals surface area (Å²) in [6, 6.07) is 15.8. The first kappa shape index (κ1) is 15.3. The minimum Gasteiger partial charge on any atom is -0.431 e.